The number of hydrogen-bond donors (Lipinski definition) is 0. The van der Waals surface area contributed by atoms with Gasteiger partial charge in [0.15, 0.2) is 11.5 Å². The van der Waals surface area contributed by atoms with Gasteiger partial charge in [-0.05, 0) is 98.7 Å². The van der Waals surface area contributed by atoms with Crippen molar-refractivity contribution in [2.24, 2.45) is 39.7 Å². The number of carbonyl (C=O) groups is 2. The van der Waals surface area contributed by atoms with Gasteiger partial charge in [0.1, 0.15) is 0 Å². The predicted molar refractivity (Wildman–Crippen MR) is 123 cm³/mol. The van der Waals surface area contributed by atoms with E-state index in [1.54, 1.807) is 24.4 Å². The van der Waals surface area contributed by atoms with E-state index in [4.69, 9.17) is 4.84 Å². The van der Waals surface area contributed by atoms with E-state index in [0.717, 1.165) is 30.9 Å². The van der Waals surface area contributed by atoms with Crippen LogP contribution in [0, 0.1) is 34.5 Å². The third-order valence-corrected chi connectivity index (χ3v) is 9.61. The van der Waals surface area contributed by atoms with Crippen molar-refractivity contribution in [1.29, 1.82) is 0 Å². The Morgan fingerprint density at radius 3 is 2.72 bits per heavy atom. The molecule has 0 radical (unpaired) electrons. The molecule has 3 fully saturated rings. The molecule has 1 aromatic heterocycles. The summed E-state index contributed by atoms with van der Waals surface area (Å²) in [6, 6.07) is 5.19. The second-order valence-electron chi connectivity index (χ2n) is 11.0. The molecule has 6 atom stereocenters. The number of allylic oxidation sites excluding steroid dienone is 1. The first-order valence-corrected chi connectivity index (χ1v) is 12.2. The zero-order valence-corrected chi connectivity index (χ0v) is 19.5. The minimum atomic E-state index is -0.500. The topological polar surface area (TPSA) is 68.6 Å². The quantitative estimate of drug-likeness (QED) is 0.344. The second-order valence-corrected chi connectivity index (χ2v) is 11.0. The molecule has 0 spiro atoms. The minimum absolute atomic E-state index is 0.203. The molecule has 1 heterocycles. The highest BCUT2D eigenvalue weighted by molar-refractivity contribution is 5.91. The Morgan fingerprint density at radius 1 is 1.09 bits per heavy atom. The number of nitrogens with zero attached hydrogens (tertiary/aromatic N) is 2. The number of rotatable bonds is 3. The number of hydrogen-bond acceptors (Lipinski definition) is 5. The Hall–Kier alpha value is -2.30. The minimum Gasteiger partial charge on any atom is -0.311 e. The molecule has 0 unspecified atom stereocenters. The summed E-state index contributed by atoms with van der Waals surface area (Å²) in [4.78, 5) is 33.7. The lowest BCUT2D eigenvalue weighted by Crippen LogP contribution is -2.51. The van der Waals surface area contributed by atoms with Crippen molar-refractivity contribution in [3.05, 3.63) is 41.7 Å². The van der Waals surface area contributed by atoms with Crippen LogP contribution >= 0.6 is 0 Å². The zero-order valence-electron chi connectivity index (χ0n) is 19.5. The number of oxime groups is 1. The molecule has 3 saturated carbocycles. The zero-order chi connectivity index (χ0) is 22.5. The van der Waals surface area contributed by atoms with Crippen molar-refractivity contribution in [3.63, 3.8) is 0 Å². The molecule has 170 valence electrons. The maximum absolute atomic E-state index is 12.3. The van der Waals surface area contributed by atoms with Gasteiger partial charge in [0.2, 0.25) is 0 Å². The van der Waals surface area contributed by atoms with Crippen LogP contribution in [0.4, 0.5) is 0 Å². The number of fused-ring (bicyclic) bond motifs is 5. The Morgan fingerprint density at radius 2 is 1.94 bits per heavy atom. The summed E-state index contributed by atoms with van der Waals surface area (Å²) in [5, 5.41) is 4.29. The predicted octanol–water partition coefficient (Wildman–Crippen LogP) is 5.76. The Kier molecular flexibility index (Phi) is 5.34. The highest BCUT2D eigenvalue weighted by Crippen LogP contribution is 2.66. The van der Waals surface area contributed by atoms with Gasteiger partial charge in [0.05, 0.1) is 5.71 Å². The van der Waals surface area contributed by atoms with Crippen LogP contribution in [0.2, 0.25) is 0 Å². The summed E-state index contributed by atoms with van der Waals surface area (Å²) in [6.45, 7) is 6.90. The summed E-state index contributed by atoms with van der Waals surface area (Å²) in [5.74, 6) is 2.26. The molecule has 4 aliphatic rings. The smallest absolute Gasteiger partial charge is 0.311 e. The Labute approximate surface area is 190 Å². The molecule has 0 saturated heterocycles. The van der Waals surface area contributed by atoms with Gasteiger partial charge in [0.25, 0.3) is 0 Å². The van der Waals surface area contributed by atoms with E-state index in [2.05, 4.69) is 24.0 Å². The molecule has 5 nitrogen and oxygen atoms in total. The third-order valence-electron chi connectivity index (χ3n) is 9.61. The van der Waals surface area contributed by atoms with Gasteiger partial charge in [0, 0.05) is 18.5 Å². The Balaban J connectivity index is 1.33. The van der Waals surface area contributed by atoms with Crippen LogP contribution in [-0.4, -0.2) is 22.4 Å². The largest absolute Gasteiger partial charge is 0.383 e. The van der Waals surface area contributed by atoms with Crippen molar-refractivity contribution in [3.8, 4) is 0 Å². The molecule has 5 rings (SSSR count). The summed E-state index contributed by atoms with van der Waals surface area (Å²) in [5.41, 5.74) is 3.05. The molecule has 32 heavy (non-hydrogen) atoms. The molecular weight excluding hydrogens is 400 g/mol. The van der Waals surface area contributed by atoms with Crippen LogP contribution in [0.15, 0.2) is 41.2 Å². The van der Waals surface area contributed by atoms with E-state index in [-0.39, 0.29) is 16.5 Å². The van der Waals surface area contributed by atoms with E-state index in [1.807, 2.05) is 13.0 Å². The third kappa shape index (κ3) is 3.36. The van der Waals surface area contributed by atoms with Gasteiger partial charge in [-0.3, -0.25) is 4.79 Å². The van der Waals surface area contributed by atoms with Crippen molar-refractivity contribution < 1.29 is 14.4 Å². The molecule has 0 amide bonds. The van der Waals surface area contributed by atoms with Gasteiger partial charge < -0.3 is 4.84 Å². The molecular formula is C27H34N2O3. The van der Waals surface area contributed by atoms with Crippen LogP contribution in [0.1, 0.15) is 82.6 Å². The van der Waals surface area contributed by atoms with Gasteiger partial charge in [-0.1, -0.05) is 30.6 Å². The van der Waals surface area contributed by atoms with E-state index < -0.39 is 5.97 Å². The molecule has 0 bridgehead atoms. The van der Waals surface area contributed by atoms with Crippen LogP contribution in [0.25, 0.3) is 0 Å². The standard InChI is InChI=1S/C27H34N2O3/c1-17(29-32-25(31)24-6-4-5-15-28-24)21-9-10-22-20-8-7-18-16-19(30)11-13-26(18,2)23(20)12-14-27(21,22)3/h4-6,15-16,20-23H,7-14H2,1-3H3/b29-17-/t20-,21+,22-,23-,26-,27+/m0/s1. The molecule has 0 aliphatic heterocycles. The Bertz CT molecular complexity index is 984. The van der Waals surface area contributed by atoms with Gasteiger partial charge >= 0.3 is 5.97 Å². The van der Waals surface area contributed by atoms with E-state index in [0.29, 0.717) is 30.0 Å². The van der Waals surface area contributed by atoms with Gasteiger partial charge in [-0.25, -0.2) is 9.78 Å². The molecule has 4 aliphatic carbocycles. The normalized spacial score (nSPS) is 38.9. The lowest BCUT2D eigenvalue weighted by atomic mass is 9.46. The van der Waals surface area contributed by atoms with Crippen LogP contribution in [0.5, 0.6) is 0 Å². The number of pyridine rings is 1. The summed E-state index contributed by atoms with van der Waals surface area (Å²) in [7, 11) is 0. The summed E-state index contributed by atoms with van der Waals surface area (Å²) < 4.78 is 0. The average molecular weight is 435 g/mol. The number of aromatic nitrogens is 1. The van der Waals surface area contributed by atoms with Crippen LogP contribution in [0.3, 0.4) is 0 Å². The van der Waals surface area contributed by atoms with Crippen LogP contribution in [-0.2, 0) is 9.63 Å². The molecule has 5 heteroatoms. The first kappa shape index (κ1) is 21.5. The first-order chi connectivity index (χ1) is 15.3. The van der Waals surface area contributed by atoms with Crippen molar-refractivity contribution >= 4 is 17.5 Å². The van der Waals surface area contributed by atoms with E-state index in [1.165, 1.54) is 31.3 Å². The van der Waals surface area contributed by atoms with Crippen molar-refractivity contribution in [2.45, 2.75) is 72.1 Å². The number of carbonyl (C=O) groups excluding carboxylic acids is 2. The lowest BCUT2D eigenvalue weighted by Gasteiger charge is -2.58. The van der Waals surface area contributed by atoms with Crippen LogP contribution < -0.4 is 0 Å². The SMILES string of the molecule is C/C(=N/OC(=O)c1ccccn1)[C@H]1CC[C@H]2[C@@H]3CCC4=CC(=O)CC[C@]4(C)[C@H]3CC[C@]12C. The summed E-state index contributed by atoms with van der Waals surface area (Å²) in [6.07, 6.45) is 12.3. The highest BCUT2D eigenvalue weighted by Gasteiger charge is 2.59. The van der Waals surface area contributed by atoms with E-state index >= 15 is 0 Å². The van der Waals surface area contributed by atoms with Gasteiger partial charge in [-0.15, -0.1) is 0 Å². The monoisotopic (exact) mass is 434 g/mol. The van der Waals surface area contributed by atoms with E-state index in [9.17, 15) is 9.59 Å². The maximum Gasteiger partial charge on any atom is 0.383 e. The van der Waals surface area contributed by atoms with Crippen molar-refractivity contribution in [2.75, 3.05) is 0 Å². The molecule has 0 N–H and O–H groups in total. The van der Waals surface area contributed by atoms with Crippen molar-refractivity contribution in [1.82, 2.24) is 4.98 Å². The second kappa shape index (κ2) is 7.93. The average Bonchev–Trinajstić information content (AvgIpc) is 3.15. The fraction of sp³-hybridized carbons (Fsp3) is 0.630. The van der Waals surface area contributed by atoms with Gasteiger partial charge in [-0.2, -0.15) is 0 Å². The molecule has 0 aromatic carbocycles. The fourth-order valence-corrected chi connectivity index (χ4v) is 7.95. The maximum atomic E-state index is 12.3. The number of ketones is 1. The lowest BCUT2D eigenvalue weighted by molar-refractivity contribution is -0.117. The first-order valence-electron chi connectivity index (χ1n) is 12.2. The molecule has 1 aromatic rings. The fourth-order valence-electron chi connectivity index (χ4n) is 7.95. The summed E-state index contributed by atoms with van der Waals surface area (Å²) >= 11 is 0. The highest BCUT2D eigenvalue weighted by atomic mass is 16.7.